The molecule has 0 amide bonds. The third-order valence-corrected chi connectivity index (χ3v) is 7.13. The van der Waals surface area contributed by atoms with Gasteiger partial charge in [-0.15, -0.1) is 5.10 Å². The number of anilines is 1. The average molecular weight is 429 g/mol. The van der Waals surface area contributed by atoms with E-state index in [2.05, 4.69) is 20.3 Å². The maximum atomic E-state index is 11.7. The van der Waals surface area contributed by atoms with Gasteiger partial charge in [0, 0.05) is 0 Å². The first kappa shape index (κ1) is 19.6. The summed E-state index contributed by atoms with van der Waals surface area (Å²) in [5.41, 5.74) is 6.25. The predicted molar refractivity (Wildman–Crippen MR) is 88.4 cm³/mol. The second-order valence-electron chi connectivity index (χ2n) is 5.61. The molecule has 3 heterocycles. The monoisotopic (exact) mass is 428 g/mol. The molecule has 0 spiro atoms. The Labute approximate surface area is 151 Å². The van der Waals surface area contributed by atoms with E-state index in [0.29, 0.717) is 12.8 Å². The van der Waals surface area contributed by atoms with Crippen molar-refractivity contribution in [3.05, 3.63) is 5.28 Å². The Morgan fingerprint density at radius 3 is 2.73 bits per heavy atom. The minimum absolute atomic E-state index is 0.0720. The highest BCUT2D eigenvalue weighted by molar-refractivity contribution is 7.70. The number of nitrogen functional groups attached to an aromatic ring is 1. The molecule has 1 fully saturated rings. The van der Waals surface area contributed by atoms with Gasteiger partial charge in [0.15, 0.2) is 29.1 Å². The van der Waals surface area contributed by atoms with Gasteiger partial charge >= 0.3 is 15.2 Å². The highest BCUT2D eigenvalue weighted by Crippen LogP contribution is 2.55. The Balaban J connectivity index is 1.66. The first-order chi connectivity index (χ1) is 12.0. The molecular formula is C10H15ClN6O7P2. The van der Waals surface area contributed by atoms with Crippen LogP contribution in [-0.4, -0.2) is 58.3 Å². The lowest BCUT2D eigenvalue weighted by molar-refractivity contribution is -0.0239. The second-order valence-corrected chi connectivity index (χ2v) is 9.95. The maximum absolute atomic E-state index is 11.7. The van der Waals surface area contributed by atoms with Crippen molar-refractivity contribution in [3.8, 4) is 0 Å². The molecule has 5 N–H and O–H groups in total. The van der Waals surface area contributed by atoms with Crippen LogP contribution in [0.15, 0.2) is 0 Å². The van der Waals surface area contributed by atoms with Crippen LogP contribution < -0.4 is 5.73 Å². The molecule has 1 saturated heterocycles. The lowest BCUT2D eigenvalue weighted by Crippen LogP contribution is -2.17. The zero-order valence-electron chi connectivity index (χ0n) is 13.0. The molecule has 13 nitrogen and oxygen atoms in total. The molecule has 0 saturated carbocycles. The summed E-state index contributed by atoms with van der Waals surface area (Å²) in [6, 6.07) is 0. The fraction of sp³-hybridized carbons (Fsp3) is 0.600. The summed E-state index contributed by atoms with van der Waals surface area (Å²) in [6.07, 6.45) is -0.233. The van der Waals surface area contributed by atoms with Crippen LogP contribution in [0.5, 0.6) is 0 Å². The summed E-state index contributed by atoms with van der Waals surface area (Å²) in [5, 5.41) is 7.73. The van der Waals surface area contributed by atoms with Crippen molar-refractivity contribution in [2.24, 2.45) is 0 Å². The summed E-state index contributed by atoms with van der Waals surface area (Å²) >= 11 is 5.79. The second kappa shape index (κ2) is 7.10. The summed E-state index contributed by atoms with van der Waals surface area (Å²) < 4.78 is 34.3. The number of nitrogens with zero attached hydrogens (tertiary/aromatic N) is 5. The van der Waals surface area contributed by atoms with Gasteiger partial charge in [0.25, 0.3) is 0 Å². The molecule has 1 aliphatic rings. The molecule has 1 unspecified atom stereocenters. The Morgan fingerprint density at radius 2 is 2.04 bits per heavy atom. The summed E-state index contributed by atoms with van der Waals surface area (Å²) in [7, 11) is -9.11. The van der Waals surface area contributed by atoms with Crippen molar-refractivity contribution in [3.63, 3.8) is 0 Å². The molecule has 0 aliphatic carbocycles. The largest absolute Gasteiger partial charge is 0.382 e. The minimum atomic E-state index is -4.68. The van der Waals surface area contributed by atoms with Crippen LogP contribution in [0.3, 0.4) is 0 Å². The van der Waals surface area contributed by atoms with Gasteiger partial charge < -0.3 is 29.7 Å². The quantitative estimate of drug-likeness (QED) is 0.367. The topological polar surface area (TPSA) is 196 Å². The normalized spacial score (nSPS) is 23.4. The molecule has 26 heavy (non-hydrogen) atoms. The van der Waals surface area contributed by atoms with Gasteiger partial charge in [-0.05, 0) is 24.4 Å². The van der Waals surface area contributed by atoms with Gasteiger partial charge in [0.1, 0.15) is 0 Å². The highest BCUT2D eigenvalue weighted by Gasteiger charge is 2.35. The predicted octanol–water partition coefficient (Wildman–Crippen LogP) is 0.472. The van der Waals surface area contributed by atoms with Gasteiger partial charge in [0.05, 0.1) is 12.7 Å². The minimum Gasteiger partial charge on any atom is -0.382 e. The first-order valence-corrected chi connectivity index (χ1v) is 11.2. The van der Waals surface area contributed by atoms with Crippen LogP contribution in [0.25, 0.3) is 11.2 Å². The number of nitrogens with two attached hydrogens (primary N) is 1. The third kappa shape index (κ3) is 4.56. The van der Waals surface area contributed by atoms with Crippen LogP contribution in [0, 0.1) is 0 Å². The third-order valence-electron chi connectivity index (χ3n) is 3.51. The van der Waals surface area contributed by atoms with E-state index in [0.717, 1.165) is 0 Å². The number of aromatic nitrogens is 5. The molecule has 2 aromatic rings. The number of rotatable bonds is 6. The Bertz CT molecular complexity index is 919. The zero-order valence-corrected chi connectivity index (χ0v) is 15.6. The first-order valence-electron chi connectivity index (χ1n) is 7.24. The van der Waals surface area contributed by atoms with Crippen molar-refractivity contribution in [1.82, 2.24) is 25.0 Å². The summed E-state index contributed by atoms with van der Waals surface area (Å²) in [6.45, 7) is -0.311. The zero-order chi connectivity index (χ0) is 19.1. The number of halogens is 1. The van der Waals surface area contributed by atoms with Crippen molar-refractivity contribution in [2.45, 2.75) is 25.2 Å². The molecule has 16 heteroatoms. The van der Waals surface area contributed by atoms with E-state index < -0.39 is 33.4 Å². The fourth-order valence-corrected chi connectivity index (χ4v) is 5.24. The van der Waals surface area contributed by atoms with E-state index in [1.54, 1.807) is 0 Å². The molecule has 0 aromatic carbocycles. The average Bonchev–Trinajstić information content (AvgIpc) is 3.08. The summed E-state index contributed by atoms with van der Waals surface area (Å²) in [4.78, 5) is 34.8. The lowest BCUT2D eigenvalue weighted by atomic mass is 10.2. The summed E-state index contributed by atoms with van der Waals surface area (Å²) in [5.74, 6) is -1.18. The SMILES string of the molecule is Nc1nc(Cl)nc2c1nnn2[C@H]1CC[C@@H](COP(=O)(O)CP(=O)(O)O)O1. The number of hydrogen-bond donors (Lipinski definition) is 4. The van der Waals surface area contributed by atoms with Crippen molar-refractivity contribution in [1.29, 1.82) is 0 Å². The molecule has 3 atom stereocenters. The Kier molecular flexibility index (Phi) is 5.35. The number of hydrogen-bond acceptors (Lipinski definition) is 9. The lowest BCUT2D eigenvalue weighted by Gasteiger charge is -2.17. The molecule has 2 aromatic heterocycles. The molecule has 0 radical (unpaired) electrons. The van der Waals surface area contributed by atoms with E-state index in [-0.39, 0.29) is 28.9 Å². The fourth-order valence-electron chi connectivity index (χ4n) is 2.48. The van der Waals surface area contributed by atoms with Crippen LogP contribution in [0.2, 0.25) is 5.28 Å². The van der Waals surface area contributed by atoms with E-state index in [1.807, 2.05) is 0 Å². The highest BCUT2D eigenvalue weighted by atomic mass is 35.5. The van der Waals surface area contributed by atoms with Crippen molar-refractivity contribution < 1.29 is 33.1 Å². The molecule has 144 valence electrons. The standard InChI is InChI=1S/C10H15ClN6O7P2/c11-10-13-8(12)7-9(14-10)17(16-15-7)6-2-1-5(24-6)3-23-26(21,22)4-25(18,19)20/h5-6H,1-4H2,(H,21,22)(H2,12,13,14)(H2,18,19,20)/t5-,6+/m0/s1. The van der Waals surface area contributed by atoms with Crippen LogP contribution in [0.1, 0.15) is 19.1 Å². The molecule has 3 rings (SSSR count). The van der Waals surface area contributed by atoms with Crippen molar-refractivity contribution in [2.75, 3.05) is 18.2 Å². The Morgan fingerprint density at radius 1 is 1.31 bits per heavy atom. The van der Waals surface area contributed by atoms with Gasteiger partial charge in [-0.3, -0.25) is 9.13 Å². The van der Waals surface area contributed by atoms with Crippen LogP contribution >= 0.6 is 26.8 Å². The van der Waals surface area contributed by atoms with Crippen LogP contribution in [0.4, 0.5) is 5.82 Å². The molecule has 1 aliphatic heterocycles. The smallest absolute Gasteiger partial charge is 0.340 e. The van der Waals surface area contributed by atoms with Gasteiger partial charge in [-0.2, -0.15) is 14.6 Å². The Hall–Kier alpha value is -1.17. The maximum Gasteiger partial charge on any atom is 0.340 e. The van der Waals surface area contributed by atoms with E-state index in [4.69, 9.17) is 36.4 Å². The van der Waals surface area contributed by atoms with Crippen LogP contribution in [-0.2, 0) is 18.4 Å². The number of ether oxygens (including phenoxy) is 1. The van der Waals surface area contributed by atoms with E-state index in [9.17, 15) is 14.0 Å². The van der Waals surface area contributed by atoms with E-state index >= 15 is 0 Å². The van der Waals surface area contributed by atoms with Gasteiger partial charge in [0.2, 0.25) is 5.28 Å². The molecule has 0 bridgehead atoms. The van der Waals surface area contributed by atoms with Crippen molar-refractivity contribution >= 4 is 43.8 Å². The molecular weight excluding hydrogens is 414 g/mol. The van der Waals surface area contributed by atoms with Gasteiger partial charge in [-0.25, -0.2) is 0 Å². The number of fused-ring (bicyclic) bond motifs is 1. The van der Waals surface area contributed by atoms with E-state index in [1.165, 1.54) is 4.68 Å². The van der Waals surface area contributed by atoms with Gasteiger partial charge in [-0.1, -0.05) is 5.21 Å².